The van der Waals surface area contributed by atoms with E-state index in [2.05, 4.69) is 24.1 Å². The summed E-state index contributed by atoms with van der Waals surface area (Å²) in [6.45, 7) is 5.46. The van der Waals surface area contributed by atoms with Crippen LogP contribution in [0.5, 0.6) is 0 Å². The van der Waals surface area contributed by atoms with Crippen molar-refractivity contribution in [3.63, 3.8) is 0 Å². The number of aromatic nitrogens is 3. The molecule has 0 unspecified atom stereocenters. The van der Waals surface area contributed by atoms with Crippen LogP contribution in [0.4, 0.5) is 0 Å². The first-order valence-corrected chi connectivity index (χ1v) is 8.13. The second kappa shape index (κ2) is 5.66. The first kappa shape index (κ1) is 13.8. The van der Waals surface area contributed by atoms with E-state index in [1.165, 1.54) is 23.4 Å². The molecular weight excluding hydrogens is 268 g/mol. The second-order valence-corrected chi connectivity index (χ2v) is 7.12. The van der Waals surface area contributed by atoms with Gasteiger partial charge in [-0.1, -0.05) is 13.8 Å². The Hall–Kier alpha value is -1.20. The van der Waals surface area contributed by atoms with Gasteiger partial charge in [0.25, 0.3) is 0 Å². The predicted octanol–water partition coefficient (Wildman–Crippen LogP) is 2.99. The van der Waals surface area contributed by atoms with E-state index < -0.39 is 0 Å². The number of imidazole rings is 1. The lowest BCUT2D eigenvalue weighted by molar-refractivity contribution is 0.624. The lowest BCUT2D eigenvalue weighted by Crippen LogP contribution is -2.15. The van der Waals surface area contributed by atoms with Crippen LogP contribution in [-0.4, -0.2) is 20.6 Å². The molecule has 0 amide bonds. The van der Waals surface area contributed by atoms with Crippen molar-refractivity contribution in [2.24, 2.45) is 13.0 Å². The maximum Gasteiger partial charge on any atom is 0.142 e. The highest BCUT2D eigenvalue weighted by molar-refractivity contribution is 7.15. The first-order chi connectivity index (χ1) is 9.63. The zero-order valence-corrected chi connectivity index (χ0v) is 13.2. The van der Waals surface area contributed by atoms with E-state index in [-0.39, 0.29) is 0 Å². The highest BCUT2D eigenvalue weighted by Gasteiger charge is 2.22. The summed E-state index contributed by atoms with van der Waals surface area (Å²) in [6, 6.07) is 0.740. The van der Waals surface area contributed by atoms with Crippen molar-refractivity contribution in [1.29, 1.82) is 0 Å². The average molecular weight is 290 g/mol. The van der Waals surface area contributed by atoms with Gasteiger partial charge >= 0.3 is 0 Å². The van der Waals surface area contributed by atoms with Crippen molar-refractivity contribution in [2.45, 2.75) is 45.7 Å². The molecule has 0 spiro atoms. The van der Waals surface area contributed by atoms with Crippen LogP contribution in [0.15, 0.2) is 12.5 Å². The molecule has 108 valence electrons. The molecule has 2 aromatic heterocycles. The Balaban J connectivity index is 1.85. The van der Waals surface area contributed by atoms with Crippen LogP contribution >= 0.6 is 11.3 Å². The third-order valence-electron chi connectivity index (χ3n) is 3.54. The van der Waals surface area contributed by atoms with Crippen molar-refractivity contribution in [1.82, 2.24) is 19.9 Å². The van der Waals surface area contributed by atoms with E-state index in [1.807, 2.05) is 35.5 Å². The molecule has 1 saturated carbocycles. The van der Waals surface area contributed by atoms with E-state index in [0.717, 1.165) is 29.7 Å². The lowest BCUT2D eigenvalue weighted by Gasteiger charge is -2.05. The summed E-state index contributed by atoms with van der Waals surface area (Å²) in [5.74, 6) is 0.635. The van der Waals surface area contributed by atoms with Crippen LogP contribution in [0.3, 0.4) is 0 Å². The van der Waals surface area contributed by atoms with Crippen LogP contribution < -0.4 is 5.32 Å². The van der Waals surface area contributed by atoms with Crippen LogP contribution in [0, 0.1) is 5.92 Å². The number of hydrogen-bond donors (Lipinski definition) is 1. The number of hydrogen-bond acceptors (Lipinski definition) is 4. The smallest absolute Gasteiger partial charge is 0.142 e. The van der Waals surface area contributed by atoms with E-state index >= 15 is 0 Å². The molecule has 0 saturated heterocycles. The quantitative estimate of drug-likeness (QED) is 0.889. The zero-order chi connectivity index (χ0) is 14.1. The van der Waals surface area contributed by atoms with Gasteiger partial charge in [0.1, 0.15) is 5.01 Å². The fraction of sp³-hybridized carbons (Fsp3) is 0.600. The topological polar surface area (TPSA) is 42.7 Å². The number of rotatable bonds is 6. The molecule has 1 fully saturated rings. The van der Waals surface area contributed by atoms with Crippen molar-refractivity contribution >= 4 is 11.3 Å². The molecule has 0 aromatic carbocycles. The largest absolute Gasteiger partial charge is 0.332 e. The third-order valence-corrected chi connectivity index (χ3v) is 4.66. The predicted molar refractivity (Wildman–Crippen MR) is 82.7 cm³/mol. The van der Waals surface area contributed by atoms with Crippen LogP contribution in [0.1, 0.15) is 37.3 Å². The molecule has 0 radical (unpaired) electrons. The minimum atomic E-state index is 0.635. The monoisotopic (exact) mass is 290 g/mol. The Bertz CT molecular complexity index is 580. The van der Waals surface area contributed by atoms with E-state index in [4.69, 9.17) is 4.98 Å². The van der Waals surface area contributed by atoms with Gasteiger partial charge in [0.15, 0.2) is 0 Å². The van der Waals surface area contributed by atoms with E-state index in [1.54, 1.807) is 0 Å². The van der Waals surface area contributed by atoms with Gasteiger partial charge in [-0.15, -0.1) is 11.3 Å². The summed E-state index contributed by atoms with van der Waals surface area (Å²) < 4.78 is 2.04. The van der Waals surface area contributed by atoms with E-state index in [9.17, 15) is 0 Å². The SMILES string of the molecule is CC(C)Cc1nc(-c2cncn2C)sc1CNC1CC1. The van der Waals surface area contributed by atoms with Gasteiger partial charge in [-0.25, -0.2) is 9.97 Å². The summed E-state index contributed by atoms with van der Waals surface area (Å²) in [7, 11) is 2.02. The highest BCUT2D eigenvalue weighted by Crippen LogP contribution is 2.30. The van der Waals surface area contributed by atoms with Gasteiger partial charge in [-0.3, -0.25) is 0 Å². The van der Waals surface area contributed by atoms with Crippen molar-refractivity contribution in [3.8, 4) is 10.7 Å². The maximum absolute atomic E-state index is 4.87. The molecule has 0 atom stereocenters. The minimum Gasteiger partial charge on any atom is -0.332 e. The fourth-order valence-electron chi connectivity index (χ4n) is 2.26. The molecular formula is C15H22N4S. The van der Waals surface area contributed by atoms with Gasteiger partial charge in [0, 0.05) is 24.5 Å². The molecule has 1 N–H and O–H groups in total. The van der Waals surface area contributed by atoms with Crippen LogP contribution in [0.2, 0.25) is 0 Å². The standard InChI is InChI=1S/C15H22N4S/c1-10(2)6-12-14(8-17-11-4-5-11)20-15(18-12)13-7-16-9-19(13)3/h7,9-11,17H,4-6,8H2,1-3H3. The molecule has 2 heterocycles. The van der Waals surface area contributed by atoms with Gasteiger partial charge in [0.2, 0.25) is 0 Å². The fourth-order valence-corrected chi connectivity index (χ4v) is 3.36. The summed E-state index contributed by atoms with van der Waals surface area (Å²) in [5, 5.41) is 4.70. The van der Waals surface area contributed by atoms with Gasteiger partial charge in [-0.05, 0) is 25.2 Å². The summed E-state index contributed by atoms with van der Waals surface area (Å²) in [4.78, 5) is 10.5. The first-order valence-electron chi connectivity index (χ1n) is 7.32. The molecule has 0 aliphatic heterocycles. The average Bonchev–Trinajstić information content (AvgIpc) is 3.00. The molecule has 5 heteroatoms. The highest BCUT2D eigenvalue weighted by atomic mass is 32.1. The number of aryl methyl sites for hydroxylation is 1. The lowest BCUT2D eigenvalue weighted by atomic mass is 10.1. The molecule has 20 heavy (non-hydrogen) atoms. The second-order valence-electron chi connectivity index (χ2n) is 6.03. The van der Waals surface area contributed by atoms with Crippen molar-refractivity contribution in [2.75, 3.05) is 0 Å². The summed E-state index contributed by atoms with van der Waals surface area (Å²) in [6.07, 6.45) is 7.44. The number of nitrogens with one attached hydrogen (secondary N) is 1. The Labute approximate surface area is 124 Å². The molecule has 1 aliphatic carbocycles. The van der Waals surface area contributed by atoms with E-state index in [0.29, 0.717) is 5.92 Å². The van der Waals surface area contributed by atoms with Gasteiger partial charge in [-0.2, -0.15) is 0 Å². The Morgan fingerprint density at radius 1 is 1.45 bits per heavy atom. The molecule has 1 aliphatic rings. The zero-order valence-electron chi connectivity index (χ0n) is 12.4. The van der Waals surface area contributed by atoms with Crippen LogP contribution in [0.25, 0.3) is 10.7 Å². The molecule has 2 aromatic rings. The normalized spacial score (nSPS) is 15.2. The molecule has 0 bridgehead atoms. The Morgan fingerprint density at radius 2 is 2.25 bits per heavy atom. The Morgan fingerprint density at radius 3 is 2.85 bits per heavy atom. The Kier molecular flexibility index (Phi) is 3.89. The van der Waals surface area contributed by atoms with Crippen molar-refractivity contribution in [3.05, 3.63) is 23.1 Å². The van der Waals surface area contributed by atoms with Crippen LogP contribution in [-0.2, 0) is 20.0 Å². The van der Waals surface area contributed by atoms with Crippen molar-refractivity contribution < 1.29 is 0 Å². The van der Waals surface area contributed by atoms with Gasteiger partial charge < -0.3 is 9.88 Å². The minimum absolute atomic E-state index is 0.635. The maximum atomic E-state index is 4.87. The number of thiazole rings is 1. The molecule has 4 nitrogen and oxygen atoms in total. The number of nitrogens with zero attached hydrogens (tertiary/aromatic N) is 3. The van der Waals surface area contributed by atoms with Gasteiger partial charge in [0.05, 0.1) is 23.9 Å². The summed E-state index contributed by atoms with van der Waals surface area (Å²) >= 11 is 1.81. The third kappa shape index (κ3) is 3.10. The summed E-state index contributed by atoms with van der Waals surface area (Å²) in [5.41, 5.74) is 2.37. The molecule has 3 rings (SSSR count).